The van der Waals surface area contributed by atoms with E-state index < -0.39 is 0 Å². The van der Waals surface area contributed by atoms with Gasteiger partial charge in [0.1, 0.15) is 17.5 Å². The van der Waals surface area contributed by atoms with Gasteiger partial charge in [0.05, 0.1) is 18.7 Å². The van der Waals surface area contributed by atoms with E-state index in [1.54, 1.807) is 12.4 Å². The van der Waals surface area contributed by atoms with Crippen molar-refractivity contribution in [3.05, 3.63) is 54.9 Å². The normalized spacial score (nSPS) is 18.1. The number of H-pyrrole nitrogens is 1. The topological polar surface area (TPSA) is 195 Å². The number of aryl methyl sites for hydroxylation is 1. The zero-order valence-corrected chi connectivity index (χ0v) is 38.8. The zero-order chi connectivity index (χ0) is 44.5. The average molecular weight is 841 g/mol. The fourth-order valence-electron chi connectivity index (χ4n) is 7.05. The summed E-state index contributed by atoms with van der Waals surface area (Å²) in [5.41, 5.74) is 10.4. The van der Waals surface area contributed by atoms with Gasteiger partial charge in [-0.2, -0.15) is 5.10 Å². The van der Waals surface area contributed by atoms with Crippen LogP contribution in [0.3, 0.4) is 0 Å². The summed E-state index contributed by atoms with van der Waals surface area (Å²) in [6, 6.07) is 8.54. The number of nitrogens with two attached hydrogens (primary N) is 2. The highest BCUT2D eigenvalue weighted by molar-refractivity contribution is 5.77. The minimum absolute atomic E-state index is 0.101. The number of nitrogens with one attached hydrogen (secondary N) is 4. The molecule has 3 aliphatic rings. The highest BCUT2D eigenvalue weighted by Crippen LogP contribution is 2.17. The van der Waals surface area contributed by atoms with Crippen molar-refractivity contribution in [2.24, 2.45) is 30.4 Å². The number of nitrogens with zero attached hydrogens (tertiary/aromatic N) is 8. The van der Waals surface area contributed by atoms with Crippen LogP contribution in [0.15, 0.2) is 49.1 Å². The Morgan fingerprint density at radius 3 is 1.95 bits per heavy atom. The summed E-state index contributed by atoms with van der Waals surface area (Å²) < 4.78 is 2.02. The number of rotatable bonds is 14. The van der Waals surface area contributed by atoms with Crippen molar-refractivity contribution >= 4 is 23.5 Å². The van der Waals surface area contributed by atoms with Crippen LogP contribution in [-0.4, -0.2) is 155 Å². The summed E-state index contributed by atoms with van der Waals surface area (Å²) in [6.07, 6.45) is 14.0. The van der Waals surface area contributed by atoms with E-state index in [0.717, 1.165) is 115 Å². The molecule has 342 valence electrons. The number of likely N-dealkylation sites (N-methyl/N-ethyl adjacent to an activating group) is 2. The van der Waals surface area contributed by atoms with Gasteiger partial charge in [0, 0.05) is 63.8 Å². The van der Waals surface area contributed by atoms with Crippen LogP contribution in [0.1, 0.15) is 85.9 Å². The van der Waals surface area contributed by atoms with Crippen molar-refractivity contribution in [2.45, 2.75) is 92.7 Å². The van der Waals surface area contributed by atoms with E-state index in [4.69, 9.17) is 11.5 Å². The molecule has 0 aromatic carbocycles. The minimum atomic E-state index is -0.136. The Morgan fingerprint density at radius 2 is 1.45 bits per heavy atom. The molecule has 0 aliphatic carbocycles. The maximum absolute atomic E-state index is 10.8. The fraction of sp³-hybridized carbons (Fsp3) is 0.705. The molecule has 2 unspecified atom stereocenters. The Morgan fingerprint density at radius 1 is 0.767 bits per heavy atom. The lowest BCUT2D eigenvalue weighted by Gasteiger charge is -2.29. The van der Waals surface area contributed by atoms with Gasteiger partial charge in [-0.1, -0.05) is 33.8 Å². The molecule has 6 heterocycles. The molecular weight excluding hydrogens is 757 g/mol. The van der Waals surface area contributed by atoms with E-state index in [-0.39, 0.29) is 23.7 Å². The van der Waals surface area contributed by atoms with Crippen molar-refractivity contribution < 1.29 is 9.59 Å². The number of aromatic nitrogens is 5. The maximum Gasteiger partial charge on any atom is 0.221 e. The summed E-state index contributed by atoms with van der Waals surface area (Å²) in [6.45, 7) is 26.4. The lowest BCUT2D eigenvalue weighted by Crippen LogP contribution is -2.40. The van der Waals surface area contributed by atoms with Gasteiger partial charge in [0.2, 0.25) is 11.8 Å². The summed E-state index contributed by atoms with van der Waals surface area (Å²) in [7, 11) is 6.32. The predicted octanol–water partition coefficient (Wildman–Crippen LogP) is 4.32. The van der Waals surface area contributed by atoms with Crippen LogP contribution in [-0.2, 0) is 23.2 Å². The predicted molar refractivity (Wildman–Crippen MR) is 249 cm³/mol. The third-order valence-corrected chi connectivity index (χ3v) is 10.6. The smallest absolute Gasteiger partial charge is 0.221 e. The first-order valence-electron chi connectivity index (χ1n) is 22.4. The third kappa shape index (κ3) is 24.2. The van der Waals surface area contributed by atoms with E-state index in [2.05, 4.69) is 104 Å². The molecule has 0 bridgehead atoms. The quantitative estimate of drug-likeness (QED) is 0.135. The third-order valence-electron chi connectivity index (χ3n) is 10.6. The summed E-state index contributed by atoms with van der Waals surface area (Å²) >= 11 is 0. The number of likely N-dealkylation sites (tertiary alicyclic amines) is 3. The van der Waals surface area contributed by atoms with E-state index in [9.17, 15) is 9.59 Å². The number of pyridine rings is 1. The van der Waals surface area contributed by atoms with Gasteiger partial charge in [0.25, 0.3) is 0 Å². The second-order valence-corrected chi connectivity index (χ2v) is 15.4. The highest BCUT2D eigenvalue weighted by atomic mass is 16.1. The van der Waals surface area contributed by atoms with Gasteiger partial charge in [0.15, 0.2) is 0 Å². The van der Waals surface area contributed by atoms with Crippen LogP contribution >= 0.6 is 0 Å². The van der Waals surface area contributed by atoms with Crippen molar-refractivity contribution in [3.63, 3.8) is 0 Å². The maximum atomic E-state index is 10.8. The molecule has 16 heteroatoms. The molecule has 2 amide bonds. The number of primary amides is 2. The molecule has 3 aromatic heterocycles. The number of imidazole rings is 1. The second kappa shape index (κ2) is 33.6. The Bertz CT molecular complexity index is 1450. The number of aromatic amines is 1. The molecule has 3 fully saturated rings. The second-order valence-electron chi connectivity index (χ2n) is 15.4. The lowest BCUT2D eigenvalue weighted by molar-refractivity contribution is -0.124. The van der Waals surface area contributed by atoms with Gasteiger partial charge in [-0.3, -0.25) is 19.6 Å². The minimum Gasteiger partial charge on any atom is -0.371 e. The van der Waals surface area contributed by atoms with Crippen molar-refractivity contribution in [2.75, 3.05) is 103 Å². The molecule has 0 saturated carbocycles. The standard InChI is InChI=1S/C9H20N2.2C8H16N2O.C7H13N3.C7H10N2.C5H9N3/c1-4-11-7-5-6-9(11)8-10(2)3;1-2-10-5-3-7(4-6-10)8(9)11;1-2-10-5-3-4-7(6-10)8(9)11;1-3-8-6-7-9-4-5-10(7)2;1-2-8-7-5-3-4-6-9-7;1-2-6-5-3-4-7-8-5/h9H,4-8H2,1-3H3;2*7H,2-6H2,1H3,(H2,9,11);4-5,8H,3,6H2,1-2H3;3-6H,2H2,1H3,(H,8,9);3-4H,2H2,1H3,(H2,6,7,8). The van der Waals surface area contributed by atoms with E-state index >= 15 is 0 Å². The number of piperidine rings is 2. The number of carbonyl (C=O) groups excluding carboxylic acids is 2. The molecule has 0 spiro atoms. The summed E-state index contributed by atoms with van der Waals surface area (Å²) in [4.78, 5) is 39.3. The largest absolute Gasteiger partial charge is 0.371 e. The Labute approximate surface area is 363 Å². The number of amides is 2. The average Bonchev–Trinajstić information content (AvgIpc) is 4.05. The van der Waals surface area contributed by atoms with E-state index in [1.807, 2.05) is 55.2 Å². The highest BCUT2D eigenvalue weighted by Gasteiger charge is 2.24. The summed E-state index contributed by atoms with van der Waals surface area (Å²) in [5.74, 6) is 2.99. The first kappa shape index (κ1) is 53.9. The molecule has 0 radical (unpaired) electrons. The molecule has 3 saturated heterocycles. The molecule has 16 nitrogen and oxygen atoms in total. The van der Waals surface area contributed by atoms with Crippen molar-refractivity contribution in [1.29, 1.82) is 0 Å². The molecule has 8 N–H and O–H groups in total. The summed E-state index contributed by atoms with van der Waals surface area (Å²) in [5, 5.41) is 15.9. The molecule has 60 heavy (non-hydrogen) atoms. The molecule has 3 aliphatic heterocycles. The van der Waals surface area contributed by atoms with Crippen LogP contribution in [0.5, 0.6) is 0 Å². The fourth-order valence-corrected chi connectivity index (χ4v) is 7.05. The number of hydrogen-bond donors (Lipinski definition) is 6. The molecular formula is C44H84N14O2. The van der Waals surface area contributed by atoms with Crippen LogP contribution in [0, 0.1) is 11.8 Å². The van der Waals surface area contributed by atoms with Crippen LogP contribution in [0.4, 0.5) is 11.6 Å². The first-order valence-corrected chi connectivity index (χ1v) is 22.4. The molecule has 2 atom stereocenters. The van der Waals surface area contributed by atoms with Crippen LogP contribution in [0.2, 0.25) is 0 Å². The first-order chi connectivity index (χ1) is 28.9. The zero-order valence-electron chi connectivity index (χ0n) is 38.8. The van der Waals surface area contributed by atoms with E-state index in [0.29, 0.717) is 0 Å². The van der Waals surface area contributed by atoms with Gasteiger partial charge < -0.3 is 46.7 Å². The van der Waals surface area contributed by atoms with Crippen LogP contribution in [0.25, 0.3) is 0 Å². The monoisotopic (exact) mass is 841 g/mol. The van der Waals surface area contributed by atoms with Crippen molar-refractivity contribution in [1.82, 2.24) is 49.6 Å². The van der Waals surface area contributed by atoms with Gasteiger partial charge in [-0.25, -0.2) is 9.97 Å². The Kier molecular flexibility index (Phi) is 30.2. The SMILES string of the molecule is CCN1CCC(C(N)=O)CC1.CCN1CCCC(C(N)=O)C1.CCN1CCCC1CN(C)C.CCNCc1nccn1C.CCNc1ccccn1.CCNc1ccn[nH]1. The lowest BCUT2D eigenvalue weighted by atomic mass is 9.96. The Balaban J connectivity index is 0.000000361. The van der Waals surface area contributed by atoms with Gasteiger partial charge in [-0.15, -0.1) is 0 Å². The number of carbonyl (C=O) groups is 2. The number of hydrogen-bond acceptors (Lipinski definition) is 12. The molecule has 3 aromatic rings. The number of anilines is 2. The van der Waals surface area contributed by atoms with Crippen LogP contribution < -0.4 is 27.4 Å². The van der Waals surface area contributed by atoms with Gasteiger partial charge in [-0.05, 0) is 137 Å². The Hall–Kier alpha value is -4.09. The molecule has 6 rings (SSSR count). The van der Waals surface area contributed by atoms with E-state index in [1.165, 1.54) is 32.5 Å². The van der Waals surface area contributed by atoms with Gasteiger partial charge >= 0.3 is 0 Å². The van der Waals surface area contributed by atoms with Crippen molar-refractivity contribution in [3.8, 4) is 0 Å².